The van der Waals surface area contributed by atoms with Crippen molar-refractivity contribution < 1.29 is 27.1 Å². The summed E-state index contributed by atoms with van der Waals surface area (Å²) in [6.07, 6.45) is 0.433. The van der Waals surface area contributed by atoms with Crippen LogP contribution in [0.5, 0.6) is 0 Å². The molecule has 2 saturated carbocycles. The molecule has 7 atom stereocenters. The second kappa shape index (κ2) is 10.9. The third-order valence-electron chi connectivity index (χ3n) is 10.1. The Hall–Kier alpha value is -0.390. The Morgan fingerprint density at radius 3 is 2.46 bits per heavy atom. The number of fused-ring (bicyclic) bond motifs is 5. The van der Waals surface area contributed by atoms with Crippen LogP contribution >= 0.6 is 18.5 Å². The van der Waals surface area contributed by atoms with Gasteiger partial charge in [-0.3, -0.25) is 0 Å². The van der Waals surface area contributed by atoms with E-state index in [0.717, 1.165) is 44.9 Å². The van der Waals surface area contributed by atoms with Crippen LogP contribution in [0.25, 0.3) is 0 Å². The van der Waals surface area contributed by atoms with Gasteiger partial charge in [-0.1, -0.05) is 45.0 Å². The standard InChI is InChI=1S/C29H42F5OPS/c1-26(2,36(4)37-17-7-14-28(30,31)29(32,33)34)15-12-20-18-19-8-5-6-9-21(19)22-13-16-27(3)23(25(20)22)10-11-24(27)35/h5-6,8-9,20,22-25,35H,7,10-18H2,1-4H3/t20-,22?,23?,24?,25?,27?,36?/m1/s1. The normalized spacial score (nSPS) is 33.0. The van der Waals surface area contributed by atoms with Crippen LogP contribution in [0.3, 0.4) is 0 Å². The third kappa shape index (κ3) is 5.89. The number of rotatable bonds is 9. The first-order chi connectivity index (χ1) is 17.2. The summed E-state index contributed by atoms with van der Waals surface area (Å²) >= 11 is 1.58. The van der Waals surface area contributed by atoms with Gasteiger partial charge < -0.3 is 5.11 Å². The Bertz CT molecular complexity index is 937. The summed E-state index contributed by atoms with van der Waals surface area (Å²) in [5.41, 5.74) is 2.98. The molecule has 1 nitrogen and oxygen atoms in total. The van der Waals surface area contributed by atoms with Crippen LogP contribution in [-0.2, 0) is 6.42 Å². The van der Waals surface area contributed by atoms with Gasteiger partial charge in [-0.25, -0.2) is 0 Å². The zero-order valence-electron chi connectivity index (χ0n) is 22.5. The lowest BCUT2D eigenvalue weighted by Gasteiger charge is -2.53. The Morgan fingerprint density at radius 1 is 1.05 bits per heavy atom. The maximum atomic E-state index is 13.3. The highest BCUT2D eigenvalue weighted by molar-refractivity contribution is 8.55. The molecule has 37 heavy (non-hydrogen) atoms. The topological polar surface area (TPSA) is 20.2 Å². The van der Waals surface area contributed by atoms with Crippen LogP contribution in [0.2, 0.25) is 0 Å². The largest absolute Gasteiger partial charge is 0.453 e. The average molecular weight is 565 g/mol. The smallest absolute Gasteiger partial charge is 0.393 e. The van der Waals surface area contributed by atoms with Crippen LogP contribution in [0.15, 0.2) is 24.3 Å². The van der Waals surface area contributed by atoms with E-state index in [4.69, 9.17) is 0 Å². The predicted molar refractivity (Wildman–Crippen MR) is 145 cm³/mol. The highest BCUT2D eigenvalue weighted by Gasteiger charge is 2.57. The number of hydrogen-bond acceptors (Lipinski definition) is 2. The van der Waals surface area contributed by atoms with E-state index in [1.807, 2.05) is 0 Å². The van der Waals surface area contributed by atoms with E-state index < -0.39 is 25.6 Å². The van der Waals surface area contributed by atoms with Gasteiger partial charge in [0, 0.05) is 6.42 Å². The van der Waals surface area contributed by atoms with Crippen LogP contribution in [0, 0.1) is 23.2 Å². The summed E-state index contributed by atoms with van der Waals surface area (Å²) in [6, 6.07) is 8.88. The van der Waals surface area contributed by atoms with Gasteiger partial charge in [0.15, 0.2) is 0 Å². The maximum Gasteiger partial charge on any atom is 0.453 e. The quantitative estimate of drug-likeness (QED) is 0.183. The van der Waals surface area contributed by atoms with Crippen molar-refractivity contribution >= 4 is 18.5 Å². The van der Waals surface area contributed by atoms with Crippen LogP contribution < -0.4 is 0 Å². The Balaban J connectivity index is 1.40. The number of benzene rings is 1. The molecular formula is C29H42F5OPS. The van der Waals surface area contributed by atoms with Gasteiger partial charge in [-0.2, -0.15) is 22.0 Å². The molecule has 1 aromatic carbocycles. The lowest BCUT2D eigenvalue weighted by atomic mass is 9.52. The van der Waals surface area contributed by atoms with Gasteiger partial charge in [0.1, 0.15) is 0 Å². The zero-order chi connectivity index (χ0) is 27.2. The fourth-order valence-corrected chi connectivity index (χ4v) is 11.4. The molecule has 0 aromatic heterocycles. The van der Waals surface area contributed by atoms with Crippen molar-refractivity contribution in [3.8, 4) is 0 Å². The van der Waals surface area contributed by atoms with Crippen molar-refractivity contribution in [2.45, 2.75) is 108 Å². The molecule has 0 spiro atoms. The molecular weight excluding hydrogens is 522 g/mol. The molecule has 0 radical (unpaired) electrons. The second-order valence-corrected chi connectivity index (χ2v) is 17.9. The van der Waals surface area contributed by atoms with Gasteiger partial charge in [-0.15, -0.1) is 11.4 Å². The molecule has 0 heterocycles. The zero-order valence-corrected chi connectivity index (χ0v) is 24.2. The molecule has 8 heteroatoms. The minimum absolute atomic E-state index is 0.00612. The first-order valence-electron chi connectivity index (χ1n) is 13.7. The van der Waals surface area contributed by atoms with Crippen molar-refractivity contribution in [1.82, 2.24) is 0 Å². The second-order valence-electron chi connectivity index (χ2n) is 12.6. The van der Waals surface area contributed by atoms with Crippen LogP contribution in [0.4, 0.5) is 22.0 Å². The van der Waals surface area contributed by atoms with Gasteiger partial charge in [-0.05, 0) is 116 Å². The summed E-state index contributed by atoms with van der Waals surface area (Å²) in [5, 5.41) is 10.9. The highest BCUT2D eigenvalue weighted by atomic mass is 32.7. The molecule has 0 saturated heterocycles. The molecule has 1 aromatic rings. The summed E-state index contributed by atoms with van der Waals surface area (Å²) in [4.78, 5) is 0. The van der Waals surface area contributed by atoms with E-state index >= 15 is 0 Å². The lowest BCUT2D eigenvalue weighted by molar-refractivity contribution is -0.284. The van der Waals surface area contributed by atoms with Gasteiger partial charge >= 0.3 is 12.1 Å². The van der Waals surface area contributed by atoms with Gasteiger partial charge in [0.25, 0.3) is 0 Å². The molecule has 3 aliphatic carbocycles. The van der Waals surface area contributed by atoms with E-state index in [1.54, 1.807) is 11.4 Å². The molecule has 0 bridgehead atoms. The Morgan fingerprint density at radius 2 is 1.76 bits per heavy atom. The summed E-state index contributed by atoms with van der Waals surface area (Å²) in [5.74, 6) is -2.06. The van der Waals surface area contributed by atoms with E-state index in [0.29, 0.717) is 29.4 Å². The minimum atomic E-state index is -5.46. The number of hydrogen-bond donors (Lipinski definition) is 1. The third-order valence-corrected chi connectivity index (χ3v) is 16.1. The Kier molecular flexibility index (Phi) is 8.70. The monoisotopic (exact) mass is 564 g/mol. The molecule has 3 aliphatic rings. The van der Waals surface area contributed by atoms with Crippen molar-refractivity contribution in [3.05, 3.63) is 35.4 Å². The Labute approximate surface area is 224 Å². The summed E-state index contributed by atoms with van der Waals surface area (Å²) in [6.45, 7) is 8.91. The average Bonchev–Trinajstić information content (AvgIpc) is 3.13. The van der Waals surface area contributed by atoms with Crippen LogP contribution in [0.1, 0.15) is 89.2 Å². The molecule has 0 amide bonds. The minimum Gasteiger partial charge on any atom is -0.393 e. The fourth-order valence-electron chi connectivity index (χ4n) is 7.49. The summed E-state index contributed by atoms with van der Waals surface area (Å²) in [7, 11) is -0.576. The van der Waals surface area contributed by atoms with E-state index in [2.05, 4.69) is 51.7 Å². The fraction of sp³-hybridized carbons (Fsp3) is 0.793. The van der Waals surface area contributed by atoms with Crippen molar-refractivity contribution in [2.24, 2.45) is 23.2 Å². The lowest BCUT2D eigenvalue weighted by Crippen LogP contribution is -2.47. The van der Waals surface area contributed by atoms with Crippen LogP contribution in [-0.4, -0.2) is 40.9 Å². The number of aliphatic hydroxyl groups is 1. The van der Waals surface area contributed by atoms with E-state index in [1.165, 1.54) is 11.1 Å². The molecule has 4 rings (SSSR count). The van der Waals surface area contributed by atoms with Gasteiger partial charge in [0.05, 0.1) is 6.10 Å². The van der Waals surface area contributed by atoms with E-state index in [9.17, 15) is 27.1 Å². The van der Waals surface area contributed by atoms with Crippen molar-refractivity contribution in [3.63, 3.8) is 0 Å². The molecule has 1 N–H and O–H groups in total. The number of alkyl halides is 5. The number of aliphatic hydroxyl groups excluding tert-OH is 1. The molecule has 210 valence electrons. The van der Waals surface area contributed by atoms with Crippen molar-refractivity contribution in [1.29, 1.82) is 0 Å². The SMILES string of the molecule is CP(SCCCC(F)(F)C(F)(F)F)C(C)(C)CC[C@@H]1Cc2ccccc2C2CCC3(C)C(O)CCC3C21. The molecule has 2 fully saturated rings. The van der Waals surface area contributed by atoms with E-state index in [-0.39, 0.29) is 23.1 Å². The summed E-state index contributed by atoms with van der Waals surface area (Å²) < 4.78 is 63.9. The maximum absolute atomic E-state index is 13.3. The molecule has 6 unspecified atom stereocenters. The number of halogens is 5. The first-order valence-corrected chi connectivity index (χ1v) is 17.1. The predicted octanol–water partition coefficient (Wildman–Crippen LogP) is 9.43. The van der Waals surface area contributed by atoms with Gasteiger partial charge in [0.2, 0.25) is 0 Å². The highest BCUT2D eigenvalue weighted by Crippen LogP contribution is 2.64. The molecule has 0 aliphatic heterocycles. The first kappa shape index (κ1) is 29.6. The van der Waals surface area contributed by atoms with Crippen molar-refractivity contribution in [2.75, 3.05) is 12.4 Å².